The lowest BCUT2D eigenvalue weighted by molar-refractivity contribution is 0.426. The number of hydrogen-bond donors (Lipinski definition) is 0. The van der Waals surface area contributed by atoms with Crippen LogP contribution in [0, 0.1) is 6.92 Å². The molecule has 0 bridgehead atoms. The second-order valence-electron chi connectivity index (χ2n) is 6.51. The van der Waals surface area contributed by atoms with E-state index in [0.29, 0.717) is 12.0 Å². The van der Waals surface area contributed by atoms with Crippen molar-refractivity contribution in [2.24, 2.45) is 0 Å². The van der Waals surface area contributed by atoms with E-state index in [1.165, 1.54) is 25.7 Å². The Kier molecular flexibility index (Phi) is 4.14. The van der Waals surface area contributed by atoms with Crippen LogP contribution < -0.4 is 4.90 Å². The van der Waals surface area contributed by atoms with Gasteiger partial charge in [-0.25, -0.2) is 9.97 Å². The molecule has 0 spiro atoms. The second-order valence-corrected chi connectivity index (χ2v) is 6.51. The normalized spacial score (nSPS) is 15.7. The first kappa shape index (κ1) is 15.0. The summed E-state index contributed by atoms with van der Waals surface area (Å²) < 4.78 is 5.40. The molecule has 118 valence electrons. The monoisotopic (exact) mass is 300 g/mol. The Morgan fingerprint density at radius 2 is 2.00 bits per heavy atom. The minimum Gasteiger partial charge on any atom is -0.356 e. The Bertz CT molecular complexity index is 644. The quantitative estimate of drug-likeness (QED) is 0.856. The molecule has 5 heteroatoms. The molecule has 2 heterocycles. The number of hydrogen-bond acceptors (Lipinski definition) is 5. The Morgan fingerprint density at radius 1 is 1.27 bits per heavy atom. The van der Waals surface area contributed by atoms with Gasteiger partial charge >= 0.3 is 0 Å². The van der Waals surface area contributed by atoms with Crippen molar-refractivity contribution in [2.75, 3.05) is 11.9 Å². The molecule has 0 radical (unpaired) electrons. The molecule has 22 heavy (non-hydrogen) atoms. The number of nitrogens with zero attached hydrogens (tertiary/aromatic N) is 4. The van der Waals surface area contributed by atoms with Gasteiger partial charge < -0.3 is 9.42 Å². The predicted molar refractivity (Wildman–Crippen MR) is 87.0 cm³/mol. The molecule has 0 amide bonds. The minimum atomic E-state index is 0.305. The fourth-order valence-electron chi connectivity index (χ4n) is 3.13. The van der Waals surface area contributed by atoms with Crippen LogP contribution in [0.2, 0.25) is 0 Å². The van der Waals surface area contributed by atoms with Crippen molar-refractivity contribution in [2.45, 2.75) is 58.4 Å². The standard InChI is InChI=1S/C17H24N4O/c1-11(2)16-14(15-9-12(3)20-22-15)10-18-17(19-16)21(4)13-7-5-6-8-13/h9-11,13H,5-8H2,1-4H3. The van der Waals surface area contributed by atoms with E-state index in [-0.39, 0.29) is 0 Å². The van der Waals surface area contributed by atoms with E-state index >= 15 is 0 Å². The van der Waals surface area contributed by atoms with Gasteiger partial charge in [-0.3, -0.25) is 0 Å². The van der Waals surface area contributed by atoms with Crippen LogP contribution in [0.25, 0.3) is 11.3 Å². The van der Waals surface area contributed by atoms with E-state index < -0.39 is 0 Å². The average Bonchev–Trinajstić information content (AvgIpc) is 3.17. The van der Waals surface area contributed by atoms with Crippen molar-refractivity contribution < 1.29 is 4.52 Å². The predicted octanol–water partition coefficient (Wildman–Crippen LogP) is 3.94. The van der Waals surface area contributed by atoms with Crippen LogP contribution in [0.3, 0.4) is 0 Å². The summed E-state index contributed by atoms with van der Waals surface area (Å²) in [5.74, 6) is 1.87. The van der Waals surface area contributed by atoms with E-state index in [4.69, 9.17) is 9.51 Å². The Morgan fingerprint density at radius 3 is 2.59 bits per heavy atom. The highest BCUT2D eigenvalue weighted by molar-refractivity contribution is 5.61. The Hall–Kier alpha value is -1.91. The highest BCUT2D eigenvalue weighted by Crippen LogP contribution is 2.31. The summed E-state index contributed by atoms with van der Waals surface area (Å²) in [4.78, 5) is 11.6. The molecule has 1 aliphatic rings. The van der Waals surface area contributed by atoms with E-state index in [2.05, 4.69) is 35.9 Å². The lowest BCUT2D eigenvalue weighted by atomic mass is 10.0. The third-order valence-corrected chi connectivity index (χ3v) is 4.43. The first-order valence-electron chi connectivity index (χ1n) is 8.09. The Labute approximate surface area is 131 Å². The topological polar surface area (TPSA) is 55.1 Å². The SMILES string of the molecule is Cc1cc(-c2cnc(N(C)C3CCCC3)nc2C(C)C)on1. The maximum absolute atomic E-state index is 5.40. The molecule has 0 N–H and O–H groups in total. The summed E-state index contributed by atoms with van der Waals surface area (Å²) >= 11 is 0. The van der Waals surface area contributed by atoms with Gasteiger partial charge in [-0.1, -0.05) is 31.8 Å². The van der Waals surface area contributed by atoms with Crippen molar-refractivity contribution in [1.29, 1.82) is 0 Å². The number of anilines is 1. The highest BCUT2D eigenvalue weighted by atomic mass is 16.5. The zero-order valence-corrected chi connectivity index (χ0v) is 13.8. The van der Waals surface area contributed by atoms with E-state index in [1.54, 1.807) is 0 Å². The zero-order valence-electron chi connectivity index (χ0n) is 13.8. The maximum atomic E-state index is 5.40. The molecule has 0 aliphatic heterocycles. The van der Waals surface area contributed by atoms with Gasteiger partial charge in [-0.05, 0) is 25.7 Å². The van der Waals surface area contributed by atoms with Gasteiger partial charge in [-0.15, -0.1) is 0 Å². The largest absolute Gasteiger partial charge is 0.356 e. The smallest absolute Gasteiger partial charge is 0.225 e. The summed E-state index contributed by atoms with van der Waals surface area (Å²) in [6, 6.07) is 2.50. The molecule has 0 aromatic carbocycles. The molecule has 0 saturated heterocycles. The first-order valence-corrected chi connectivity index (χ1v) is 8.09. The molecule has 0 atom stereocenters. The van der Waals surface area contributed by atoms with Crippen molar-refractivity contribution in [3.8, 4) is 11.3 Å². The van der Waals surface area contributed by atoms with Crippen LogP contribution >= 0.6 is 0 Å². The molecule has 3 rings (SSSR count). The van der Waals surface area contributed by atoms with E-state index in [0.717, 1.165) is 28.7 Å². The second kappa shape index (κ2) is 6.07. The van der Waals surface area contributed by atoms with Gasteiger partial charge in [0.15, 0.2) is 5.76 Å². The molecule has 1 fully saturated rings. The van der Waals surface area contributed by atoms with Crippen molar-refractivity contribution >= 4 is 5.95 Å². The molecular formula is C17H24N4O. The zero-order chi connectivity index (χ0) is 15.7. The van der Waals surface area contributed by atoms with Crippen molar-refractivity contribution in [1.82, 2.24) is 15.1 Å². The molecule has 1 saturated carbocycles. The summed E-state index contributed by atoms with van der Waals surface area (Å²) in [6.07, 6.45) is 6.96. The van der Waals surface area contributed by atoms with Gasteiger partial charge in [0.25, 0.3) is 0 Å². The van der Waals surface area contributed by atoms with Crippen molar-refractivity contribution in [3.63, 3.8) is 0 Å². The van der Waals surface area contributed by atoms with Gasteiger partial charge in [-0.2, -0.15) is 0 Å². The third-order valence-electron chi connectivity index (χ3n) is 4.43. The third kappa shape index (κ3) is 2.85. The minimum absolute atomic E-state index is 0.305. The summed E-state index contributed by atoms with van der Waals surface area (Å²) in [5.41, 5.74) is 2.84. The van der Waals surface area contributed by atoms with Gasteiger partial charge in [0.1, 0.15) is 0 Å². The molecule has 1 aliphatic carbocycles. The van der Waals surface area contributed by atoms with Crippen LogP contribution in [0.15, 0.2) is 16.8 Å². The maximum Gasteiger partial charge on any atom is 0.225 e. The van der Waals surface area contributed by atoms with Crippen LogP contribution in [0.1, 0.15) is 56.8 Å². The molecule has 2 aromatic rings. The highest BCUT2D eigenvalue weighted by Gasteiger charge is 2.23. The molecule has 5 nitrogen and oxygen atoms in total. The Balaban J connectivity index is 1.96. The van der Waals surface area contributed by atoms with Gasteiger partial charge in [0, 0.05) is 25.4 Å². The lowest BCUT2D eigenvalue weighted by Crippen LogP contribution is -2.30. The van der Waals surface area contributed by atoms with Crippen LogP contribution in [-0.4, -0.2) is 28.2 Å². The van der Waals surface area contributed by atoms with E-state index in [1.807, 2.05) is 19.2 Å². The molecular weight excluding hydrogens is 276 g/mol. The fraction of sp³-hybridized carbons (Fsp3) is 0.588. The fourth-order valence-corrected chi connectivity index (χ4v) is 3.13. The van der Waals surface area contributed by atoms with Crippen LogP contribution in [-0.2, 0) is 0 Å². The number of aromatic nitrogens is 3. The van der Waals surface area contributed by atoms with Crippen molar-refractivity contribution in [3.05, 3.63) is 23.7 Å². The average molecular weight is 300 g/mol. The van der Waals surface area contributed by atoms with Crippen LogP contribution in [0.5, 0.6) is 0 Å². The molecule has 0 unspecified atom stereocenters. The first-order chi connectivity index (χ1) is 10.6. The summed E-state index contributed by atoms with van der Waals surface area (Å²) in [6.45, 7) is 6.22. The van der Waals surface area contributed by atoms with E-state index in [9.17, 15) is 0 Å². The molecule has 2 aromatic heterocycles. The number of aryl methyl sites for hydroxylation is 1. The summed E-state index contributed by atoms with van der Waals surface area (Å²) in [5, 5.41) is 3.97. The summed E-state index contributed by atoms with van der Waals surface area (Å²) in [7, 11) is 2.10. The van der Waals surface area contributed by atoms with Gasteiger partial charge in [0.05, 0.1) is 17.0 Å². The lowest BCUT2D eigenvalue weighted by Gasteiger charge is -2.25. The number of rotatable bonds is 4. The van der Waals surface area contributed by atoms with Gasteiger partial charge in [0.2, 0.25) is 5.95 Å². The van der Waals surface area contributed by atoms with Crippen LogP contribution in [0.4, 0.5) is 5.95 Å².